The third-order valence-corrected chi connectivity index (χ3v) is 6.26. The van der Waals surface area contributed by atoms with Crippen molar-refractivity contribution < 1.29 is 4.79 Å². The van der Waals surface area contributed by atoms with E-state index in [-0.39, 0.29) is 23.6 Å². The highest BCUT2D eigenvalue weighted by atomic mass is 35.5. The lowest BCUT2D eigenvalue weighted by Gasteiger charge is -2.38. The van der Waals surface area contributed by atoms with Gasteiger partial charge in [0.25, 0.3) is 0 Å². The molecule has 1 aliphatic rings. The molecule has 1 atom stereocenters. The van der Waals surface area contributed by atoms with E-state index in [0.717, 1.165) is 0 Å². The number of nitrogens with two attached hydrogens (primary N) is 1. The molecule has 1 amide bonds. The summed E-state index contributed by atoms with van der Waals surface area (Å²) in [5.41, 5.74) is 7.68. The van der Waals surface area contributed by atoms with E-state index in [9.17, 15) is 15.3 Å². The van der Waals surface area contributed by atoms with E-state index in [1.54, 1.807) is 19.1 Å². The lowest BCUT2D eigenvalue weighted by atomic mass is 10.1. The van der Waals surface area contributed by atoms with Crippen LogP contribution in [-0.4, -0.2) is 69.2 Å². The number of fused-ring (bicyclic) bond motifs is 1. The SMILES string of the molecule is CCNc1nc(Nc2cc(C#N)cc(N3CCN(C(C)C(N)=O)CC3)c2Cl)nn2c(C#N)cnc12. The smallest absolute Gasteiger partial charge is 0.247 e. The van der Waals surface area contributed by atoms with Gasteiger partial charge in [-0.15, -0.1) is 5.10 Å². The van der Waals surface area contributed by atoms with E-state index in [1.807, 2.05) is 11.8 Å². The average Bonchev–Trinajstić information content (AvgIpc) is 3.28. The standard InChI is InChI=1S/C22H24ClN11O/c1-3-27-20-21-28-12-15(11-25)34(21)31-22(30-20)29-16-8-14(10-24)9-17(18(16)23)33-6-4-32(5-7-33)13(2)19(26)35/h8-9,12-13H,3-7H2,1-2H3,(H2,26,35)(H2,27,29,30,31). The average molecular weight is 494 g/mol. The number of aromatic nitrogens is 4. The fraction of sp³-hybridized carbons (Fsp3) is 0.364. The number of hydrogen-bond donors (Lipinski definition) is 3. The van der Waals surface area contributed by atoms with Gasteiger partial charge >= 0.3 is 0 Å². The molecule has 2 aromatic heterocycles. The first-order chi connectivity index (χ1) is 16.9. The minimum Gasteiger partial charge on any atom is -0.368 e. The van der Waals surface area contributed by atoms with Gasteiger partial charge in [0.1, 0.15) is 6.07 Å². The van der Waals surface area contributed by atoms with E-state index in [2.05, 4.69) is 42.7 Å². The summed E-state index contributed by atoms with van der Waals surface area (Å²) in [6.07, 6.45) is 1.43. The molecule has 4 rings (SSSR count). The molecule has 0 radical (unpaired) electrons. The van der Waals surface area contributed by atoms with E-state index in [0.29, 0.717) is 66.1 Å². The zero-order valence-electron chi connectivity index (χ0n) is 19.3. The normalized spacial score (nSPS) is 14.8. The summed E-state index contributed by atoms with van der Waals surface area (Å²) < 4.78 is 1.40. The number of halogens is 1. The van der Waals surface area contributed by atoms with Crippen LogP contribution in [0.15, 0.2) is 18.3 Å². The first-order valence-corrected chi connectivity index (χ1v) is 11.4. The van der Waals surface area contributed by atoms with Gasteiger partial charge in [-0.25, -0.2) is 4.98 Å². The predicted molar refractivity (Wildman–Crippen MR) is 132 cm³/mol. The second-order valence-electron chi connectivity index (χ2n) is 8.00. The van der Waals surface area contributed by atoms with Crippen molar-refractivity contribution in [1.29, 1.82) is 10.5 Å². The van der Waals surface area contributed by atoms with Crippen molar-refractivity contribution in [3.05, 3.63) is 34.6 Å². The molecule has 35 heavy (non-hydrogen) atoms. The minimum atomic E-state index is -0.360. The van der Waals surface area contributed by atoms with Crippen LogP contribution in [0.3, 0.4) is 0 Å². The Balaban J connectivity index is 1.66. The van der Waals surface area contributed by atoms with Crippen LogP contribution in [-0.2, 0) is 4.79 Å². The quantitative estimate of drug-likeness (QED) is 0.441. The molecule has 4 N–H and O–H groups in total. The monoisotopic (exact) mass is 493 g/mol. The van der Waals surface area contributed by atoms with Crippen molar-refractivity contribution in [1.82, 2.24) is 24.5 Å². The van der Waals surface area contributed by atoms with Crippen molar-refractivity contribution in [2.24, 2.45) is 5.73 Å². The summed E-state index contributed by atoms with van der Waals surface area (Å²) in [5, 5.41) is 30.0. The van der Waals surface area contributed by atoms with Crippen LogP contribution in [0.5, 0.6) is 0 Å². The van der Waals surface area contributed by atoms with E-state index < -0.39 is 0 Å². The first-order valence-electron chi connectivity index (χ1n) is 11.0. The minimum absolute atomic E-state index is 0.186. The number of nitriles is 2. The molecule has 1 aliphatic heterocycles. The van der Waals surface area contributed by atoms with Crippen LogP contribution < -0.4 is 21.3 Å². The molecular weight excluding hydrogens is 470 g/mol. The number of carbonyl (C=O) groups excluding carboxylic acids is 1. The third kappa shape index (κ3) is 4.75. The summed E-state index contributed by atoms with van der Waals surface area (Å²) in [5.74, 6) is 0.283. The number of rotatable bonds is 7. The lowest BCUT2D eigenvalue weighted by molar-refractivity contribution is -0.122. The second-order valence-corrected chi connectivity index (χ2v) is 8.38. The maximum Gasteiger partial charge on any atom is 0.247 e. The van der Waals surface area contributed by atoms with Crippen molar-refractivity contribution in [3.8, 4) is 12.1 Å². The van der Waals surface area contributed by atoms with Crippen LogP contribution >= 0.6 is 11.6 Å². The summed E-state index contributed by atoms with van der Waals surface area (Å²) in [4.78, 5) is 24.3. The molecule has 1 unspecified atom stereocenters. The molecule has 1 saturated heterocycles. The molecule has 3 aromatic rings. The zero-order chi connectivity index (χ0) is 25.1. The van der Waals surface area contributed by atoms with Crippen molar-refractivity contribution in [2.75, 3.05) is 48.3 Å². The highest BCUT2D eigenvalue weighted by Gasteiger charge is 2.26. The van der Waals surface area contributed by atoms with E-state index in [1.165, 1.54) is 10.7 Å². The molecule has 1 aromatic carbocycles. The van der Waals surface area contributed by atoms with Crippen LogP contribution in [0.25, 0.3) is 5.65 Å². The maximum atomic E-state index is 11.5. The molecule has 0 spiro atoms. The topological polar surface area (TPSA) is 164 Å². The van der Waals surface area contributed by atoms with Gasteiger partial charge in [-0.05, 0) is 26.0 Å². The Morgan fingerprint density at radius 3 is 2.63 bits per heavy atom. The Labute approximate surface area is 206 Å². The third-order valence-electron chi connectivity index (χ3n) is 5.86. The molecule has 12 nitrogen and oxygen atoms in total. The Morgan fingerprint density at radius 2 is 2.00 bits per heavy atom. The molecule has 0 saturated carbocycles. The molecule has 0 bridgehead atoms. The molecule has 180 valence electrons. The van der Waals surface area contributed by atoms with Crippen LogP contribution in [0, 0.1) is 22.7 Å². The van der Waals surface area contributed by atoms with E-state index >= 15 is 0 Å². The number of imidazole rings is 1. The largest absolute Gasteiger partial charge is 0.368 e. The van der Waals surface area contributed by atoms with E-state index in [4.69, 9.17) is 17.3 Å². The predicted octanol–water partition coefficient (Wildman–Crippen LogP) is 1.69. The van der Waals surface area contributed by atoms with Gasteiger partial charge in [-0.1, -0.05) is 11.6 Å². The van der Waals surface area contributed by atoms with Gasteiger partial charge in [0.2, 0.25) is 11.9 Å². The number of benzene rings is 1. The van der Waals surface area contributed by atoms with Gasteiger partial charge in [0.05, 0.1) is 40.3 Å². The van der Waals surface area contributed by atoms with Crippen molar-refractivity contribution >= 4 is 46.3 Å². The van der Waals surface area contributed by atoms with Crippen LogP contribution in [0.1, 0.15) is 25.1 Å². The number of anilines is 4. The summed E-state index contributed by atoms with van der Waals surface area (Å²) in [6.45, 7) is 6.78. The number of piperazine rings is 1. The van der Waals surface area contributed by atoms with Crippen molar-refractivity contribution in [2.45, 2.75) is 19.9 Å². The summed E-state index contributed by atoms with van der Waals surface area (Å²) in [7, 11) is 0. The van der Waals surface area contributed by atoms with Crippen LogP contribution in [0.2, 0.25) is 5.02 Å². The molecule has 0 aliphatic carbocycles. The Morgan fingerprint density at radius 1 is 1.26 bits per heavy atom. The molecule has 1 fully saturated rings. The van der Waals surface area contributed by atoms with Crippen molar-refractivity contribution in [3.63, 3.8) is 0 Å². The molecule has 13 heteroatoms. The fourth-order valence-electron chi connectivity index (χ4n) is 3.94. The lowest BCUT2D eigenvalue weighted by Crippen LogP contribution is -2.53. The number of primary amides is 1. The first kappa shape index (κ1) is 24.0. The Kier molecular flexibility index (Phi) is 6.87. The Hall–Kier alpha value is -4.13. The number of hydrogen-bond acceptors (Lipinski definition) is 10. The van der Waals surface area contributed by atoms with Gasteiger partial charge < -0.3 is 21.3 Å². The number of nitrogens with zero attached hydrogens (tertiary/aromatic N) is 8. The van der Waals surface area contributed by atoms with Gasteiger partial charge in [-0.3, -0.25) is 9.69 Å². The summed E-state index contributed by atoms with van der Waals surface area (Å²) >= 11 is 6.78. The Bertz CT molecular complexity index is 1350. The highest BCUT2D eigenvalue weighted by Crippen LogP contribution is 2.36. The second kappa shape index (κ2) is 10.0. The number of nitrogens with one attached hydrogen (secondary N) is 2. The summed E-state index contributed by atoms with van der Waals surface area (Å²) in [6, 6.07) is 7.23. The zero-order valence-corrected chi connectivity index (χ0v) is 20.0. The van der Waals surface area contributed by atoms with Gasteiger partial charge in [0.15, 0.2) is 17.2 Å². The van der Waals surface area contributed by atoms with Crippen LogP contribution in [0.4, 0.5) is 23.1 Å². The van der Waals surface area contributed by atoms with Gasteiger partial charge in [0, 0.05) is 32.7 Å². The van der Waals surface area contributed by atoms with Gasteiger partial charge in [-0.2, -0.15) is 20.0 Å². The molecular formula is C22H24ClN11O. The number of amides is 1. The highest BCUT2D eigenvalue weighted by molar-refractivity contribution is 6.36. The maximum absolute atomic E-state index is 11.5. The molecule has 3 heterocycles. The number of carbonyl (C=O) groups is 1. The fourth-order valence-corrected chi connectivity index (χ4v) is 4.22.